The first-order chi connectivity index (χ1) is 14.6. The molecule has 3 aromatic carbocycles. The molecule has 158 valence electrons. The van der Waals surface area contributed by atoms with E-state index in [1.807, 2.05) is 56.3 Å². The second-order valence-electron chi connectivity index (χ2n) is 9.30. The maximum Gasteiger partial charge on any atom is 0.259 e. The van der Waals surface area contributed by atoms with E-state index in [1.54, 1.807) is 23.1 Å². The third-order valence-corrected chi connectivity index (χ3v) is 5.95. The van der Waals surface area contributed by atoms with Gasteiger partial charge in [0, 0.05) is 11.3 Å². The highest BCUT2D eigenvalue weighted by atomic mass is 16.3. The van der Waals surface area contributed by atoms with E-state index in [1.165, 1.54) is 0 Å². The maximum absolute atomic E-state index is 13.9. The monoisotopic (exact) mass is 413 g/mol. The number of phenols is 1. The summed E-state index contributed by atoms with van der Waals surface area (Å²) >= 11 is 0. The van der Waals surface area contributed by atoms with Gasteiger partial charge in [-0.2, -0.15) is 0 Å². The predicted molar refractivity (Wildman–Crippen MR) is 123 cm³/mol. The molecule has 1 atom stereocenters. The molecule has 0 bridgehead atoms. The summed E-state index contributed by atoms with van der Waals surface area (Å²) in [5, 5.41) is 10.6. The zero-order chi connectivity index (χ0) is 22.5. The number of ketones is 1. The number of nitrogens with zero attached hydrogens (tertiary/aromatic N) is 1. The van der Waals surface area contributed by atoms with Gasteiger partial charge in [-0.1, -0.05) is 62.7 Å². The maximum atomic E-state index is 13.9. The van der Waals surface area contributed by atoms with Gasteiger partial charge in [0.25, 0.3) is 5.91 Å². The van der Waals surface area contributed by atoms with Crippen LogP contribution in [-0.2, 0) is 5.41 Å². The molecule has 0 spiro atoms. The molecule has 31 heavy (non-hydrogen) atoms. The third-order valence-electron chi connectivity index (χ3n) is 5.95. The van der Waals surface area contributed by atoms with Gasteiger partial charge in [-0.15, -0.1) is 0 Å². The van der Waals surface area contributed by atoms with Crippen molar-refractivity contribution >= 4 is 17.4 Å². The van der Waals surface area contributed by atoms with Crippen molar-refractivity contribution in [3.63, 3.8) is 0 Å². The summed E-state index contributed by atoms with van der Waals surface area (Å²) in [7, 11) is 0. The lowest BCUT2D eigenvalue weighted by atomic mass is 9.84. The number of anilines is 1. The fourth-order valence-corrected chi connectivity index (χ4v) is 4.25. The number of aryl methyl sites for hydroxylation is 2. The minimum absolute atomic E-state index is 0.0737. The summed E-state index contributed by atoms with van der Waals surface area (Å²) in [4.78, 5) is 28.8. The van der Waals surface area contributed by atoms with Crippen LogP contribution in [0.3, 0.4) is 0 Å². The van der Waals surface area contributed by atoms with Gasteiger partial charge in [0.05, 0.1) is 5.56 Å². The second-order valence-corrected chi connectivity index (χ2v) is 9.30. The fourth-order valence-electron chi connectivity index (χ4n) is 4.25. The quantitative estimate of drug-likeness (QED) is 0.545. The van der Waals surface area contributed by atoms with Crippen LogP contribution in [0.25, 0.3) is 0 Å². The zero-order valence-corrected chi connectivity index (χ0v) is 18.6. The van der Waals surface area contributed by atoms with Crippen LogP contribution in [0.1, 0.15) is 69.8 Å². The highest BCUT2D eigenvalue weighted by Crippen LogP contribution is 2.42. The number of rotatable bonds is 3. The van der Waals surface area contributed by atoms with E-state index in [2.05, 4.69) is 20.8 Å². The van der Waals surface area contributed by atoms with Gasteiger partial charge in [0.2, 0.25) is 0 Å². The summed E-state index contributed by atoms with van der Waals surface area (Å²) < 4.78 is 0. The number of aromatic hydroxyl groups is 1. The smallest absolute Gasteiger partial charge is 0.259 e. The molecule has 1 aliphatic rings. The highest BCUT2D eigenvalue weighted by Gasteiger charge is 2.43. The molecule has 4 rings (SSSR count). The van der Waals surface area contributed by atoms with Crippen molar-refractivity contribution in [3.05, 3.63) is 94.0 Å². The molecule has 0 radical (unpaired) electrons. The van der Waals surface area contributed by atoms with Crippen LogP contribution in [0.2, 0.25) is 0 Å². The lowest BCUT2D eigenvalue weighted by Gasteiger charge is -2.27. The Hall–Kier alpha value is -3.40. The molecule has 1 aliphatic heterocycles. The first-order valence-corrected chi connectivity index (χ1v) is 10.5. The lowest BCUT2D eigenvalue weighted by Crippen LogP contribution is -2.33. The normalized spacial score (nSPS) is 15.8. The van der Waals surface area contributed by atoms with E-state index in [0.29, 0.717) is 16.8 Å². The average Bonchev–Trinajstić information content (AvgIpc) is 3.00. The first kappa shape index (κ1) is 20.9. The van der Waals surface area contributed by atoms with E-state index in [9.17, 15) is 14.7 Å². The van der Waals surface area contributed by atoms with Crippen LogP contribution < -0.4 is 4.90 Å². The molecule has 0 aromatic heterocycles. The summed E-state index contributed by atoms with van der Waals surface area (Å²) in [6, 6.07) is 17.4. The molecule has 1 heterocycles. The van der Waals surface area contributed by atoms with E-state index in [0.717, 1.165) is 16.7 Å². The molecule has 1 N–H and O–H groups in total. The Balaban J connectivity index is 1.90. The van der Waals surface area contributed by atoms with Crippen LogP contribution >= 0.6 is 0 Å². The fraction of sp³-hybridized carbons (Fsp3) is 0.259. The number of hydrogen-bond acceptors (Lipinski definition) is 3. The first-order valence-electron chi connectivity index (χ1n) is 10.5. The number of phenolic OH excluding ortho intramolecular Hbond substituents is 1. The molecule has 1 unspecified atom stereocenters. The van der Waals surface area contributed by atoms with Gasteiger partial charge in [-0.05, 0) is 60.2 Å². The van der Waals surface area contributed by atoms with E-state index in [-0.39, 0.29) is 28.4 Å². The van der Waals surface area contributed by atoms with Crippen LogP contribution in [0, 0.1) is 13.8 Å². The average molecular weight is 414 g/mol. The third kappa shape index (κ3) is 3.52. The molecule has 0 aliphatic carbocycles. The highest BCUT2D eigenvalue weighted by molar-refractivity contribution is 6.19. The number of benzene rings is 3. The Bertz CT molecular complexity index is 1200. The zero-order valence-electron chi connectivity index (χ0n) is 18.6. The van der Waals surface area contributed by atoms with Crippen molar-refractivity contribution in [2.45, 2.75) is 46.1 Å². The summed E-state index contributed by atoms with van der Waals surface area (Å²) in [5.41, 5.74) is 4.90. The summed E-state index contributed by atoms with van der Waals surface area (Å²) in [5.74, 6) is -0.565. The van der Waals surface area contributed by atoms with Gasteiger partial charge >= 0.3 is 0 Å². The number of fused-ring (bicyclic) bond motifs is 1. The topological polar surface area (TPSA) is 57.6 Å². The molecule has 0 saturated heterocycles. The number of carbonyl (C=O) groups is 2. The largest absolute Gasteiger partial charge is 0.507 e. The minimum atomic E-state index is -0.828. The van der Waals surface area contributed by atoms with Gasteiger partial charge in [0.1, 0.15) is 11.8 Å². The molecular weight excluding hydrogens is 386 g/mol. The van der Waals surface area contributed by atoms with E-state index >= 15 is 0 Å². The van der Waals surface area contributed by atoms with Crippen molar-refractivity contribution in [1.82, 2.24) is 0 Å². The minimum Gasteiger partial charge on any atom is -0.507 e. The van der Waals surface area contributed by atoms with Gasteiger partial charge < -0.3 is 5.11 Å². The van der Waals surface area contributed by atoms with Crippen molar-refractivity contribution in [2.75, 3.05) is 4.90 Å². The molecule has 0 saturated carbocycles. The molecular formula is C27H27NO3. The number of amides is 1. The second kappa shape index (κ2) is 7.38. The van der Waals surface area contributed by atoms with Crippen LogP contribution in [0.4, 0.5) is 5.69 Å². The standard InChI is InChI=1S/C27H27NO3/c1-16-10-12-22(17(2)14-16)28-24(19-8-6-7-9-20(19)26(28)31)25(30)21-15-18(27(3,4)5)11-13-23(21)29/h6-15,24,29H,1-5H3. The molecule has 4 heteroatoms. The Labute approximate surface area is 183 Å². The Morgan fingerprint density at radius 2 is 1.68 bits per heavy atom. The molecule has 1 amide bonds. The van der Waals surface area contributed by atoms with Crippen LogP contribution in [0.15, 0.2) is 60.7 Å². The Morgan fingerprint density at radius 3 is 2.35 bits per heavy atom. The van der Waals surface area contributed by atoms with Crippen LogP contribution in [-0.4, -0.2) is 16.8 Å². The van der Waals surface area contributed by atoms with E-state index in [4.69, 9.17) is 0 Å². The predicted octanol–water partition coefficient (Wildman–Crippen LogP) is 5.89. The number of Topliss-reactive ketones (excluding diaryl/α,β-unsaturated/α-hetero) is 1. The molecule has 4 nitrogen and oxygen atoms in total. The summed E-state index contributed by atoms with van der Waals surface area (Å²) in [6.45, 7) is 10.1. The van der Waals surface area contributed by atoms with Gasteiger partial charge in [-0.25, -0.2) is 0 Å². The molecule has 3 aromatic rings. The number of hydrogen-bond donors (Lipinski definition) is 1. The Morgan fingerprint density at radius 1 is 0.968 bits per heavy atom. The van der Waals surface area contributed by atoms with Gasteiger partial charge in [0.15, 0.2) is 5.78 Å². The van der Waals surface area contributed by atoms with Crippen molar-refractivity contribution < 1.29 is 14.7 Å². The van der Waals surface area contributed by atoms with Crippen molar-refractivity contribution in [3.8, 4) is 5.75 Å². The SMILES string of the molecule is Cc1ccc(N2C(=O)c3ccccc3C2C(=O)c2cc(C(C)(C)C)ccc2O)c(C)c1. The van der Waals surface area contributed by atoms with E-state index < -0.39 is 6.04 Å². The molecule has 0 fully saturated rings. The van der Waals surface area contributed by atoms with Crippen molar-refractivity contribution in [2.24, 2.45) is 0 Å². The van der Waals surface area contributed by atoms with Gasteiger partial charge in [-0.3, -0.25) is 14.5 Å². The Kier molecular flexibility index (Phi) is 4.97. The number of carbonyl (C=O) groups excluding carboxylic acids is 2. The van der Waals surface area contributed by atoms with Crippen molar-refractivity contribution in [1.29, 1.82) is 0 Å². The lowest BCUT2D eigenvalue weighted by molar-refractivity contribution is 0.0914. The van der Waals surface area contributed by atoms with Crippen LogP contribution in [0.5, 0.6) is 5.75 Å². The summed E-state index contributed by atoms with van der Waals surface area (Å²) in [6.07, 6.45) is 0.